The minimum Gasteiger partial charge on any atom is -0.450 e. The van der Waals surface area contributed by atoms with Crippen LogP contribution in [0.5, 0.6) is 0 Å². The lowest BCUT2D eigenvalue weighted by Gasteiger charge is -2.28. The molecule has 0 fully saturated rings. The molecule has 0 aromatic rings. The molecule has 16 heavy (non-hydrogen) atoms. The van der Waals surface area contributed by atoms with Gasteiger partial charge in [0.25, 0.3) is 0 Å². The topological polar surface area (TPSA) is 38.3 Å². The van der Waals surface area contributed by atoms with Crippen molar-refractivity contribution in [2.75, 3.05) is 6.61 Å². The van der Waals surface area contributed by atoms with Crippen molar-refractivity contribution in [3.63, 3.8) is 0 Å². The Labute approximate surface area is 105 Å². The highest BCUT2D eigenvalue weighted by atomic mass is 28.3. The second-order valence-corrected chi connectivity index (χ2v) is 13.5. The highest BCUT2D eigenvalue weighted by Crippen LogP contribution is 2.21. The van der Waals surface area contributed by atoms with Crippen molar-refractivity contribution in [3.05, 3.63) is 24.9 Å². The predicted molar refractivity (Wildman–Crippen MR) is 79.7 cm³/mol. The van der Waals surface area contributed by atoms with E-state index in [0.717, 1.165) is 0 Å². The molecule has 0 radical (unpaired) electrons. The average Bonchev–Trinajstić information content (AvgIpc) is 2.32. The highest BCUT2D eigenvalue weighted by molar-refractivity contribution is 6.79. The molecule has 0 saturated heterocycles. The lowest BCUT2D eigenvalue weighted by Crippen LogP contribution is -2.36. The van der Waals surface area contributed by atoms with Crippen molar-refractivity contribution in [3.8, 4) is 0 Å². The Morgan fingerprint density at radius 3 is 2.38 bits per heavy atom. The second-order valence-electron chi connectivity index (χ2n) is 3.88. The molecule has 0 saturated carbocycles. The number of amides is 1. The molecule has 0 aliphatic rings. The quantitative estimate of drug-likeness (QED) is 0.529. The van der Waals surface area contributed by atoms with E-state index in [9.17, 15) is 4.79 Å². The van der Waals surface area contributed by atoms with Gasteiger partial charge >= 0.3 is 6.09 Å². The summed E-state index contributed by atoms with van der Waals surface area (Å²) in [5, 5.41) is 2.56. The molecule has 0 bridgehead atoms. The Morgan fingerprint density at radius 2 is 1.94 bits per heavy atom. The maximum absolute atomic E-state index is 11.3. The van der Waals surface area contributed by atoms with Gasteiger partial charge in [0.2, 0.25) is 0 Å². The van der Waals surface area contributed by atoms with Crippen LogP contribution in [-0.4, -0.2) is 41.3 Å². The van der Waals surface area contributed by atoms with Crippen LogP contribution in [0.2, 0.25) is 23.9 Å². The summed E-state index contributed by atoms with van der Waals surface area (Å²) >= 11 is 0. The zero-order valence-electron chi connectivity index (χ0n) is 10.6. The minimum atomic E-state index is -0.338. The standard InChI is InChI=1S/C10H23NO2Si3/c1-5-6-7-11-9(12)13-8-10(14-2,15-3)16-4/h5-7H,1,8,14-16H2,2-4H3,(H,11,12)/b7-6+. The smallest absolute Gasteiger partial charge is 0.411 e. The van der Waals surface area contributed by atoms with Crippen LogP contribution in [0.3, 0.4) is 0 Å². The fourth-order valence-corrected chi connectivity index (χ4v) is 8.42. The normalized spacial score (nSPS) is 16.7. The fourth-order valence-electron chi connectivity index (χ4n) is 1.50. The Balaban J connectivity index is 4.06. The number of carbonyl (C=O) groups excluding carboxylic acids is 1. The van der Waals surface area contributed by atoms with Crippen LogP contribution >= 0.6 is 0 Å². The molecule has 3 nitrogen and oxygen atoms in total. The molecule has 0 rings (SSSR count). The third-order valence-electron chi connectivity index (χ3n) is 3.19. The first-order valence-corrected chi connectivity index (χ1v) is 12.2. The van der Waals surface area contributed by atoms with Crippen molar-refractivity contribution in [1.82, 2.24) is 5.32 Å². The third-order valence-corrected chi connectivity index (χ3v) is 17.3. The number of carbonyl (C=O) groups is 1. The average molecular weight is 274 g/mol. The van der Waals surface area contributed by atoms with Crippen LogP contribution < -0.4 is 5.32 Å². The van der Waals surface area contributed by atoms with Crippen molar-refractivity contribution in [2.45, 2.75) is 23.9 Å². The zero-order valence-corrected chi connectivity index (χ0v) is 14.8. The number of hydrogen-bond donors (Lipinski definition) is 1. The zero-order chi connectivity index (χ0) is 12.4. The predicted octanol–water partition coefficient (Wildman–Crippen LogP) is 0.137. The van der Waals surface area contributed by atoms with Crippen LogP contribution in [0.25, 0.3) is 0 Å². The van der Waals surface area contributed by atoms with E-state index in [1.807, 2.05) is 0 Å². The van der Waals surface area contributed by atoms with Gasteiger partial charge in [0, 0.05) is 34.8 Å². The van der Waals surface area contributed by atoms with Crippen molar-refractivity contribution >= 4 is 34.7 Å². The summed E-state index contributed by atoms with van der Waals surface area (Å²) in [4.78, 5) is 11.3. The van der Waals surface area contributed by atoms with E-state index in [1.165, 1.54) is 0 Å². The lowest BCUT2D eigenvalue weighted by molar-refractivity contribution is 0.151. The molecule has 0 aromatic carbocycles. The van der Waals surface area contributed by atoms with Gasteiger partial charge in [-0.2, -0.15) is 0 Å². The SMILES string of the molecule is C=C/C=C/NC(=O)OCC([SiH2]C)([SiH2]C)[SiH2]C. The van der Waals surface area contributed by atoms with Gasteiger partial charge in [-0.05, 0) is 10.4 Å². The van der Waals surface area contributed by atoms with Gasteiger partial charge in [-0.1, -0.05) is 32.3 Å². The summed E-state index contributed by atoms with van der Waals surface area (Å²) in [6, 6.07) is 0. The van der Waals surface area contributed by atoms with E-state index < -0.39 is 0 Å². The molecule has 1 amide bonds. The van der Waals surface area contributed by atoms with Gasteiger partial charge in [-0.15, -0.1) is 0 Å². The molecule has 6 heteroatoms. The first-order valence-electron chi connectivity index (χ1n) is 5.85. The fraction of sp³-hybridized carbons (Fsp3) is 0.500. The number of nitrogens with one attached hydrogen (secondary N) is 1. The van der Waals surface area contributed by atoms with Crippen molar-refractivity contribution in [1.29, 1.82) is 0 Å². The van der Waals surface area contributed by atoms with Crippen molar-refractivity contribution in [2.24, 2.45) is 0 Å². The molecule has 0 aromatic heterocycles. The van der Waals surface area contributed by atoms with E-state index in [4.69, 9.17) is 4.74 Å². The summed E-state index contributed by atoms with van der Waals surface area (Å²) < 4.78 is 5.84. The maximum Gasteiger partial charge on any atom is 0.411 e. The number of allylic oxidation sites excluding steroid dienone is 2. The van der Waals surface area contributed by atoms with Crippen LogP contribution in [0.15, 0.2) is 24.9 Å². The van der Waals surface area contributed by atoms with Gasteiger partial charge in [-0.25, -0.2) is 4.79 Å². The molecular formula is C10H23NO2Si3. The van der Waals surface area contributed by atoms with E-state index in [1.54, 1.807) is 18.4 Å². The third kappa shape index (κ3) is 5.47. The number of alkyl carbamates (subject to hydrolysis) is 1. The first kappa shape index (κ1) is 15.4. The Kier molecular flexibility index (Phi) is 8.22. The number of hydrogen-bond acceptors (Lipinski definition) is 2. The minimum absolute atomic E-state index is 0.0612. The van der Waals surface area contributed by atoms with Gasteiger partial charge in [0.1, 0.15) is 0 Å². The monoisotopic (exact) mass is 273 g/mol. The van der Waals surface area contributed by atoms with E-state index in [0.29, 0.717) is 10.9 Å². The van der Waals surface area contributed by atoms with Gasteiger partial charge in [0.05, 0.1) is 6.61 Å². The maximum atomic E-state index is 11.3. The van der Waals surface area contributed by atoms with Crippen LogP contribution in [0.4, 0.5) is 4.79 Å². The van der Waals surface area contributed by atoms with Crippen molar-refractivity contribution < 1.29 is 9.53 Å². The van der Waals surface area contributed by atoms with E-state index in [-0.39, 0.29) is 34.7 Å². The van der Waals surface area contributed by atoms with Crippen LogP contribution in [0, 0.1) is 0 Å². The molecule has 0 aliphatic carbocycles. The summed E-state index contributed by atoms with van der Waals surface area (Å²) in [5.74, 6) is 0. The van der Waals surface area contributed by atoms with Gasteiger partial charge in [0.15, 0.2) is 0 Å². The summed E-state index contributed by atoms with van der Waals surface area (Å²) in [6.07, 6.45) is 4.50. The van der Waals surface area contributed by atoms with Crippen LogP contribution in [0.1, 0.15) is 0 Å². The molecular weight excluding hydrogens is 250 g/mol. The largest absolute Gasteiger partial charge is 0.450 e. The highest BCUT2D eigenvalue weighted by Gasteiger charge is 2.26. The van der Waals surface area contributed by atoms with E-state index in [2.05, 4.69) is 31.5 Å². The Hall–Kier alpha value is -0.599. The van der Waals surface area contributed by atoms with Crippen LogP contribution in [-0.2, 0) is 4.74 Å². The molecule has 0 spiro atoms. The van der Waals surface area contributed by atoms with E-state index >= 15 is 0 Å². The second kappa shape index (κ2) is 8.54. The Morgan fingerprint density at radius 1 is 1.38 bits per heavy atom. The first-order chi connectivity index (χ1) is 7.64. The Bertz CT molecular complexity index is 244. The van der Waals surface area contributed by atoms with Gasteiger partial charge in [-0.3, -0.25) is 5.32 Å². The summed E-state index contributed by atoms with van der Waals surface area (Å²) in [7, 11) is -0.183. The lowest BCUT2D eigenvalue weighted by atomic mass is 10.6. The van der Waals surface area contributed by atoms with Gasteiger partial charge < -0.3 is 4.74 Å². The molecule has 0 heterocycles. The summed E-state index contributed by atoms with van der Waals surface area (Å²) in [6.45, 7) is 11.2. The molecule has 1 N–H and O–H groups in total. The number of rotatable bonds is 7. The molecule has 0 unspecified atom stereocenters. The molecule has 0 atom stereocenters. The number of ether oxygens (including phenoxy) is 1. The molecule has 92 valence electrons. The molecule has 0 aliphatic heterocycles. The summed E-state index contributed by atoms with van der Waals surface area (Å²) in [5.41, 5.74) is 0.